The van der Waals surface area contributed by atoms with E-state index in [9.17, 15) is 25.0 Å². The smallest absolute Gasteiger partial charge is 0.269 e. The van der Waals surface area contributed by atoms with Crippen LogP contribution in [0.1, 0.15) is 11.1 Å². The highest BCUT2D eigenvalue weighted by Crippen LogP contribution is 2.42. The monoisotopic (exact) mass is 532 g/mol. The van der Waals surface area contributed by atoms with Crippen molar-refractivity contribution < 1.29 is 14.5 Å². The lowest BCUT2D eigenvalue weighted by Gasteiger charge is -2.19. The highest BCUT2D eigenvalue weighted by atomic mass is 35.5. The van der Waals surface area contributed by atoms with Crippen molar-refractivity contribution in [3.63, 3.8) is 0 Å². The number of non-ortho nitro benzene ring substituents is 1. The summed E-state index contributed by atoms with van der Waals surface area (Å²) in [6.07, 6.45) is 0.774. The molecule has 1 aliphatic heterocycles. The molecule has 1 N–H and O–H groups in total. The summed E-state index contributed by atoms with van der Waals surface area (Å²) in [7, 11) is 0. The van der Waals surface area contributed by atoms with Gasteiger partial charge in [-0.25, -0.2) is 0 Å². The summed E-state index contributed by atoms with van der Waals surface area (Å²) >= 11 is 7.12. The molecule has 0 aromatic heterocycles. The predicted molar refractivity (Wildman–Crippen MR) is 143 cm³/mol. The maximum atomic E-state index is 13.5. The zero-order valence-corrected chi connectivity index (χ0v) is 21.0. The minimum atomic E-state index is -0.687. The fraction of sp³-hybridized carbons (Fsp3) is 0.148. The number of benzene rings is 3. The second kappa shape index (κ2) is 11.7. The van der Waals surface area contributed by atoms with Gasteiger partial charge in [-0.2, -0.15) is 5.26 Å². The summed E-state index contributed by atoms with van der Waals surface area (Å²) in [5.74, 6) is -0.914. The first-order valence-corrected chi connectivity index (χ1v) is 12.6. The molecule has 1 aliphatic rings. The molecule has 10 heteroatoms. The van der Waals surface area contributed by atoms with E-state index >= 15 is 0 Å². The van der Waals surface area contributed by atoms with Crippen molar-refractivity contribution in [3.05, 3.63) is 116 Å². The van der Waals surface area contributed by atoms with Gasteiger partial charge in [-0.05, 0) is 48.2 Å². The number of rotatable bonds is 8. The minimum Gasteiger partial charge on any atom is -0.351 e. The van der Waals surface area contributed by atoms with E-state index in [1.165, 1.54) is 17.0 Å². The van der Waals surface area contributed by atoms with Crippen LogP contribution >= 0.6 is 23.4 Å². The molecular weight excluding hydrogens is 512 g/mol. The van der Waals surface area contributed by atoms with Crippen LogP contribution in [0.25, 0.3) is 0 Å². The van der Waals surface area contributed by atoms with Crippen LogP contribution in [0.2, 0.25) is 5.02 Å². The second-order valence-corrected chi connectivity index (χ2v) is 9.80. The lowest BCUT2D eigenvalue weighted by Crippen LogP contribution is -2.32. The molecule has 0 radical (unpaired) electrons. The molecule has 3 aromatic carbocycles. The van der Waals surface area contributed by atoms with E-state index in [-0.39, 0.29) is 28.6 Å². The van der Waals surface area contributed by atoms with Crippen LogP contribution < -0.4 is 10.2 Å². The number of nitriles is 1. The van der Waals surface area contributed by atoms with E-state index in [1.54, 1.807) is 36.4 Å². The summed E-state index contributed by atoms with van der Waals surface area (Å²) in [6.45, 7) is 0.317. The van der Waals surface area contributed by atoms with Crippen LogP contribution in [-0.4, -0.2) is 28.5 Å². The van der Waals surface area contributed by atoms with Gasteiger partial charge in [0, 0.05) is 29.4 Å². The maximum absolute atomic E-state index is 13.5. The summed E-state index contributed by atoms with van der Waals surface area (Å²) < 4.78 is 0. The Morgan fingerprint density at radius 1 is 1.08 bits per heavy atom. The van der Waals surface area contributed by atoms with Crippen LogP contribution in [0.5, 0.6) is 0 Å². The second-order valence-electron chi connectivity index (χ2n) is 8.17. The SMILES string of the molecule is N#C/C(C(=O)NCCc1ccccc1)=C1/SC(Cc2cccc([N+](=O)[O-])c2)C(=O)N1c1ccc(Cl)cc1. The molecule has 1 atom stereocenters. The molecule has 2 amide bonds. The number of hydrogen-bond donors (Lipinski definition) is 1. The number of carbonyl (C=O) groups excluding carboxylic acids is 2. The summed E-state index contributed by atoms with van der Waals surface area (Å²) in [5.41, 5.74) is 1.85. The number of nitro groups is 1. The van der Waals surface area contributed by atoms with Crippen LogP contribution in [0.4, 0.5) is 11.4 Å². The molecule has 0 aliphatic carbocycles. The Morgan fingerprint density at radius 3 is 2.46 bits per heavy atom. The van der Waals surface area contributed by atoms with Gasteiger partial charge >= 0.3 is 0 Å². The number of thioether (sulfide) groups is 1. The molecule has 8 nitrogen and oxygen atoms in total. The lowest BCUT2D eigenvalue weighted by molar-refractivity contribution is -0.384. The summed E-state index contributed by atoms with van der Waals surface area (Å²) in [6, 6.07) is 24.2. The van der Waals surface area contributed by atoms with Crippen molar-refractivity contribution in [1.82, 2.24) is 5.32 Å². The third kappa shape index (κ3) is 6.17. The van der Waals surface area contributed by atoms with Gasteiger partial charge in [-0.3, -0.25) is 24.6 Å². The zero-order valence-electron chi connectivity index (χ0n) is 19.5. The van der Waals surface area contributed by atoms with Gasteiger partial charge in [0.25, 0.3) is 11.6 Å². The number of halogens is 1. The predicted octanol–water partition coefficient (Wildman–Crippen LogP) is 5.03. The van der Waals surface area contributed by atoms with E-state index in [0.717, 1.165) is 17.3 Å². The highest BCUT2D eigenvalue weighted by Gasteiger charge is 2.40. The normalized spacial score (nSPS) is 16.3. The first-order chi connectivity index (χ1) is 17.9. The van der Waals surface area contributed by atoms with Crippen molar-refractivity contribution in [3.8, 4) is 6.07 Å². The topological polar surface area (TPSA) is 116 Å². The van der Waals surface area contributed by atoms with Crippen LogP contribution in [0.3, 0.4) is 0 Å². The molecule has 186 valence electrons. The van der Waals surface area contributed by atoms with E-state index in [4.69, 9.17) is 11.6 Å². The third-order valence-electron chi connectivity index (χ3n) is 5.67. The highest BCUT2D eigenvalue weighted by molar-refractivity contribution is 8.05. The van der Waals surface area contributed by atoms with Gasteiger partial charge in [0.2, 0.25) is 5.91 Å². The molecule has 37 heavy (non-hydrogen) atoms. The van der Waals surface area contributed by atoms with E-state index in [2.05, 4.69) is 5.32 Å². The fourth-order valence-electron chi connectivity index (χ4n) is 3.88. The Bertz CT molecular complexity index is 1400. The molecule has 1 heterocycles. The Morgan fingerprint density at radius 2 is 1.78 bits per heavy atom. The molecule has 0 saturated carbocycles. The third-order valence-corrected chi connectivity index (χ3v) is 7.19. The average molecular weight is 533 g/mol. The number of carbonyl (C=O) groups is 2. The van der Waals surface area contributed by atoms with E-state index in [1.807, 2.05) is 36.4 Å². The van der Waals surface area contributed by atoms with Gasteiger partial charge in [-0.15, -0.1) is 0 Å². The van der Waals surface area contributed by atoms with Crippen molar-refractivity contribution >= 4 is 46.6 Å². The quantitative estimate of drug-likeness (QED) is 0.188. The fourth-order valence-corrected chi connectivity index (χ4v) is 5.31. The molecule has 1 saturated heterocycles. The zero-order chi connectivity index (χ0) is 26.4. The van der Waals surface area contributed by atoms with Crippen LogP contribution in [-0.2, 0) is 22.4 Å². The molecular formula is C27H21ClN4O4S. The molecule has 1 unspecified atom stereocenters. The molecule has 0 bridgehead atoms. The van der Waals surface area contributed by atoms with E-state index in [0.29, 0.717) is 29.2 Å². The summed E-state index contributed by atoms with van der Waals surface area (Å²) in [5, 5.41) is 23.9. The van der Waals surface area contributed by atoms with Crippen molar-refractivity contribution in [2.24, 2.45) is 0 Å². The van der Waals surface area contributed by atoms with Crippen molar-refractivity contribution in [2.45, 2.75) is 18.1 Å². The van der Waals surface area contributed by atoms with Gasteiger partial charge < -0.3 is 5.32 Å². The number of nitro benzene ring substituents is 1. The number of amides is 2. The number of hydrogen-bond acceptors (Lipinski definition) is 6. The number of nitrogens with one attached hydrogen (secondary N) is 1. The van der Waals surface area contributed by atoms with Gasteiger partial charge in [0.15, 0.2) is 0 Å². The van der Waals surface area contributed by atoms with Gasteiger partial charge in [0.1, 0.15) is 16.7 Å². The Balaban J connectivity index is 1.62. The molecule has 3 aromatic rings. The molecule has 4 rings (SSSR count). The van der Waals surface area contributed by atoms with Gasteiger partial charge in [-0.1, -0.05) is 65.8 Å². The first-order valence-electron chi connectivity index (χ1n) is 11.3. The van der Waals surface area contributed by atoms with Crippen molar-refractivity contribution in [1.29, 1.82) is 5.26 Å². The average Bonchev–Trinajstić information content (AvgIpc) is 3.21. The largest absolute Gasteiger partial charge is 0.351 e. The Labute approximate surface area is 222 Å². The summed E-state index contributed by atoms with van der Waals surface area (Å²) in [4.78, 5) is 38.6. The van der Waals surface area contributed by atoms with Crippen molar-refractivity contribution in [2.75, 3.05) is 11.4 Å². The maximum Gasteiger partial charge on any atom is 0.269 e. The number of nitrogens with zero attached hydrogens (tertiary/aromatic N) is 3. The van der Waals surface area contributed by atoms with Gasteiger partial charge in [0.05, 0.1) is 10.2 Å². The molecule has 0 spiro atoms. The minimum absolute atomic E-state index is 0.0752. The van der Waals surface area contributed by atoms with E-state index < -0.39 is 16.1 Å². The van der Waals surface area contributed by atoms with Crippen LogP contribution in [0, 0.1) is 21.4 Å². The molecule has 1 fully saturated rings. The first kappa shape index (κ1) is 25.9. The lowest BCUT2D eigenvalue weighted by atomic mass is 10.1. The number of anilines is 1. The Kier molecular flexibility index (Phi) is 8.23. The Hall–Kier alpha value is -4.13. The van der Waals surface area contributed by atoms with Crippen LogP contribution in [0.15, 0.2) is 89.5 Å². The standard InChI is InChI=1S/C27H21ClN4O4S/c28-20-9-11-21(12-10-20)31-26(34)24(16-19-7-4-8-22(15-19)32(35)36)37-27(31)23(17-29)25(33)30-14-13-18-5-2-1-3-6-18/h1-12,15,24H,13-14,16H2,(H,30,33)/b27-23-.